The predicted octanol–water partition coefficient (Wildman–Crippen LogP) is 2.01. The van der Waals surface area contributed by atoms with Crippen LogP contribution in [0.4, 0.5) is 0 Å². The minimum atomic E-state index is 0. The van der Waals surface area contributed by atoms with E-state index in [0.717, 1.165) is 10.1 Å². The van der Waals surface area contributed by atoms with Crippen LogP contribution >= 0.6 is 23.9 Å². The van der Waals surface area contributed by atoms with Crippen molar-refractivity contribution in [3.05, 3.63) is 34.6 Å². The molecule has 11 heavy (non-hydrogen) atoms. The Morgan fingerprint density at radius 1 is 1.27 bits per heavy atom. The van der Waals surface area contributed by atoms with E-state index in [0.29, 0.717) is 0 Å². The maximum atomic E-state index is 10.9. The molecule has 0 unspecified atom stereocenters. The Kier molecular flexibility index (Phi) is 2.31. The summed E-state index contributed by atoms with van der Waals surface area (Å²) in [4.78, 5) is 10.9. The van der Waals surface area contributed by atoms with Crippen molar-refractivity contribution in [2.45, 2.75) is 0 Å². The first-order valence-corrected chi connectivity index (χ1v) is 3.76. The number of benzene rings is 1. The van der Waals surface area contributed by atoms with Crippen LogP contribution in [-0.4, -0.2) is 4.37 Å². The van der Waals surface area contributed by atoms with Crippen LogP contribution in [0.2, 0.25) is 0 Å². The Balaban J connectivity index is 0.000000605. The lowest BCUT2D eigenvalue weighted by Crippen LogP contribution is -1.94. The van der Waals surface area contributed by atoms with Crippen molar-refractivity contribution in [3.63, 3.8) is 0 Å². The molecule has 2 rings (SSSR count). The number of hydrogen-bond donors (Lipinski definition) is 1. The van der Waals surface area contributed by atoms with E-state index in [-0.39, 0.29) is 18.0 Å². The molecule has 1 aromatic carbocycles. The standard InChI is InChI=1S/C7H5NOS.ClH/c9-7-5-3-1-2-4-6(5)10-8-7;/h1-4H,(H,8,9);1H. The quantitative estimate of drug-likeness (QED) is 0.673. The molecule has 0 atom stereocenters. The topological polar surface area (TPSA) is 32.9 Å². The molecular formula is C7H6ClNOS. The molecule has 0 radical (unpaired) electrons. The fraction of sp³-hybridized carbons (Fsp3) is 0. The van der Waals surface area contributed by atoms with Crippen LogP contribution in [0.15, 0.2) is 29.1 Å². The van der Waals surface area contributed by atoms with Crippen LogP contribution in [0.3, 0.4) is 0 Å². The average Bonchev–Trinajstić information content (AvgIpc) is 2.34. The van der Waals surface area contributed by atoms with Gasteiger partial charge in [-0.2, -0.15) is 0 Å². The first-order chi connectivity index (χ1) is 4.88. The first kappa shape index (κ1) is 8.30. The van der Waals surface area contributed by atoms with Gasteiger partial charge in [0.15, 0.2) is 0 Å². The summed E-state index contributed by atoms with van der Waals surface area (Å²) >= 11 is 1.38. The minimum absolute atomic E-state index is 0. The third-order valence-electron chi connectivity index (χ3n) is 1.39. The Labute approximate surface area is 73.4 Å². The third kappa shape index (κ3) is 1.29. The lowest BCUT2D eigenvalue weighted by molar-refractivity contribution is 1.46. The highest BCUT2D eigenvalue weighted by Gasteiger charge is 1.96. The number of aromatic amines is 1. The molecule has 1 heterocycles. The highest BCUT2D eigenvalue weighted by molar-refractivity contribution is 7.13. The molecular weight excluding hydrogens is 182 g/mol. The fourth-order valence-corrected chi connectivity index (χ4v) is 1.63. The van der Waals surface area contributed by atoms with Crippen molar-refractivity contribution in [1.82, 2.24) is 4.37 Å². The molecule has 0 fully saturated rings. The zero-order valence-corrected chi connectivity index (χ0v) is 7.17. The van der Waals surface area contributed by atoms with Gasteiger partial charge in [-0.3, -0.25) is 9.17 Å². The number of aromatic nitrogens is 1. The van der Waals surface area contributed by atoms with Crippen molar-refractivity contribution in [2.75, 3.05) is 0 Å². The molecule has 0 aliphatic heterocycles. The average molecular weight is 188 g/mol. The van der Waals surface area contributed by atoms with Crippen LogP contribution in [-0.2, 0) is 0 Å². The summed E-state index contributed by atoms with van der Waals surface area (Å²) in [6.07, 6.45) is 0. The van der Waals surface area contributed by atoms with Gasteiger partial charge in [0, 0.05) is 0 Å². The van der Waals surface area contributed by atoms with Gasteiger partial charge in [0.2, 0.25) is 0 Å². The summed E-state index contributed by atoms with van der Waals surface area (Å²) in [5.74, 6) is 0. The van der Waals surface area contributed by atoms with E-state index in [2.05, 4.69) is 4.37 Å². The van der Waals surface area contributed by atoms with Gasteiger partial charge in [-0.15, -0.1) is 12.4 Å². The Morgan fingerprint density at radius 3 is 2.73 bits per heavy atom. The molecule has 0 spiro atoms. The van der Waals surface area contributed by atoms with Crippen molar-refractivity contribution < 1.29 is 0 Å². The van der Waals surface area contributed by atoms with Crippen molar-refractivity contribution in [2.24, 2.45) is 0 Å². The summed E-state index contributed by atoms with van der Waals surface area (Å²) < 4.78 is 3.68. The molecule has 4 heteroatoms. The predicted molar refractivity (Wildman–Crippen MR) is 49.7 cm³/mol. The van der Waals surface area contributed by atoms with Crippen molar-refractivity contribution in [3.8, 4) is 0 Å². The summed E-state index contributed by atoms with van der Waals surface area (Å²) in [6.45, 7) is 0. The Hall–Kier alpha value is -0.800. The molecule has 2 nitrogen and oxygen atoms in total. The molecule has 0 amide bonds. The molecule has 0 aliphatic carbocycles. The zero-order chi connectivity index (χ0) is 6.97. The summed E-state index contributed by atoms with van der Waals surface area (Å²) in [6, 6.07) is 7.54. The lowest BCUT2D eigenvalue weighted by Gasteiger charge is -1.79. The first-order valence-electron chi connectivity index (χ1n) is 2.94. The summed E-state index contributed by atoms with van der Waals surface area (Å²) in [5, 5.41) is 0.785. The summed E-state index contributed by atoms with van der Waals surface area (Å²) in [7, 11) is 0. The van der Waals surface area contributed by atoms with Gasteiger partial charge in [-0.25, -0.2) is 0 Å². The van der Waals surface area contributed by atoms with Gasteiger partial charge in [-0.1, -0.05) is 23.7 Å². The Morgan fingerprint density at radius 2 is 2.00 bits per heavy atom. The van der Waals surface area contributed by atoms with Gasteiger partial charge in [0.1, 0.15) is 0 Å². The number of H-pyrrole nitrogens is 1. The van der Waals surface area contributed by atoms with Crippen LogP contribution in [0, 0.1) is 0 Å². The van der Waals surface area contributed by atoms with Crippen LogP contribution in [0.25, 0.3) is 10.1 Å². The molecule has 0 bridgehead atoms. The van der Waals surface area contributed by atoms with Crippen molar-refractivity contribution in [1.29, 1.82) is 0 Å². The number of halogens is 1. The normalized spacial score (nSPS) is 9.45. The van der Waals surface area contributed by atoms with Crippen molar-refractivity contribution >= 4 is 34.0 Å². The number of hydrogen-bond acceptors (Lipinski definition) is 2. The third-order valence-corrected chi connectivity index (χ3v) is 2.25. The van der Waals surface area contributed by atoms with Crippen LogP contribution < -0.4 is 5.56 Å². The van der Waals surface area contributed by atoms with E-state index < -0.39 is 0 Å². The molecule has 2 aromatic rings. The molecule has 0 saturated carbocycles. The van der Waals surface area contributed by atoms with Gasteiger partial charge in [-0.05, 0) is 12.1 Å². The zero-order valence-electron chi connectivity index (χ0n) is 5.53. The number of rotatable bonds is 0. The molecule has 58 valence electrons. The smallest absolute Gasteiger partial charge is 0.265 e. The minimum Gasteiger partial charge on any atom is -0.277 e. The Bertz CT molecular complexity index is 406. The SMILES string of the molecule is Cl.O=c1[nH]sc2ccccc12. The lowest BCUT2D eigenvalue weighted by atomic mass is 10.3. The second-order valence-electron chi connectivity index (χ2n) is 2.03. The highest BCUT2D eigenvalue weighted by atomic mass is 35.5. The fourth-order valence-electron chi connectivity index (χ4n) is 0.900. The highest BCUT2D eigenvalue weighted by Crippen LogP contribution is 2.11. The second kappa shape index (κ2) is 3.07. The molecule has 0 saturated heterocycles. The molecule has 0 aliphatic rings. The van der Waals surface area contributed by atoms with Gasteiger partial charge < -0.3 is 0 Å². The van der Waals surface area contributed by atoms with E-state index in [1.165, 1.54) is 11.5 Å². The summed E-state index contributed by atoms with van der Waals surface area (Å²) in [5.41, 5.74) is 0.0144. The van der Waals surface area contributed by atoms with E-state index in [9.17, 15) is 4.79 Å². The molecule has 1 aromatic heterocycles. The van der Waals surface area contributed by atoms with Gasteiger partial charge in [0.05, 0.1) is 10.1 Å². The van der Waals surface area contributed by atoms with Gasteiger partial charge >= 0.3 is 0 Å². The maximum absolute atomic E-state index is 10.9. The van der Waals surface area contributed by atoms with Gasteiger partial charge in [0.25, 0.3) is 5.56 Å². The second-order valence-corrected chi connectivity index (χ2v) is 2.88. The van der Waals surface area contributed by atoms with E-state index in [1.54, 1.807) is 0 Å². The number of fused-ring (bicyclic) bond motifs is 1. The van der Waals surface area contributed by atoms with E-state index >= 15 is 0 Å². The maximum Gasteiger partial charge on any atom is 0.265 e. The largest absolute Gasteiger partial charge is 0.277 e. The van der Waals surface area contributed by atoms with Crippen LogP contribution in [0.1, 0.15) is 0 Å². The van der Waals surface area contributed by atoms with E-state index in [4.69, 9.17) is 0 Å². The monoisotopic (exact) mass is 187 g/mol. The van der Waals surface area contributed by atoms with Crippen LogP contribution in [0.5, 0.6) is 0 Å². The number of nitrogens with one attached hydrogen (secondary N) is 1. The van der Waals surface area contributed by atoms with E-state index in [1.807, 2.05) is 24.3 Å². The molecule has 1 N–H and O–H groups in total.